The number of Topliss-reactive ketones (excluding diaryl/α,β-unsaturated/α-hetero) is 1. The number of nitrogens with two attached hydrogens (primary N) is 1. The lowest BCUT2D eigenvalue weighted by atomic mass is 9.77. The van der Waals surface area contributed by atoms with Crippen LogP contribution in [0.5, 0.6) is 11.5 Å². The standard InChI is InChI=1S/C20H23NO6/c1-4-26-20(23)18-16(11-8-9-13(24-2)15(10-11)25-3)17-12(22)6-5-7-14(17)27-19(18)21/h8-10,16H,4-7,21H2,1-3H3/t16-/m1/s1. The van der Waals surface area contributed by atoms with Crippen molar-refractivity contribution in [3.05, 3.63) is 46.6 Å². The van der Waals surface area contributed by atoms with Crippen molar-refractivity contribution in [1.82, 2.24) is 0 Å². The molecule has 0 amide bonds. The summed E-state index contributed by atoms with van der Waals surface area (Å²) in [5.74, 6) is 0.226. The number of allylic oxidation sites excluding steroid dienone is 2. The summed E-state index contributed by atoms with van der Waals surface area (Å²) in [6, 6.07) is 5.26. The molecule has 1 atom stereocenters. The number of benzene rings is 1. The van der Waals surface area contributed by atoms with Crippen molar-refractivity contribution in [2.24, 2.45) is 5.73 Å². The number of hydrogen-bond acceptors (Lipinski definition) is 7. The van der Waals surface area contributed by atoms with E-state index in [1.165, 1.54) is 7.11 Å². The first kappa shape index (κ1) is 18.8. The number of methoxy groups -OCH3 is 2. The summed E-state index contributed by atoms with van der Waals surface area (Å²) in [6.45, 7) is 1.90. The van der Waals surface area contributed by atoms with Crippen LogP contribution in [0.3, 0.4) is 0 Å². The zero-order valence-electron chi connectivity index (χ0n) is 15.7. The van der Waals surface area contributed by atoms with Crippen molar-refractivity contribution in [3.8, 4) is 11.5 Å². The molecule has 0 saturated heterocycles. The monoisotopic (exact) mass is 373 g/mol. The van der Waals surface area contributed by atoms with Gasteiger partial charge in [-0.2, -0.15) is 0 Å². The lowest BCUT2D eigenvalue weighted by Crippen LogP contribution is -2.31. The van der Waals surface area contributed by atoms with Gasteiger partial charge in [-0.3, -0.25) is 4.79 Å². The highest BCUT2D eigenvalue weighted by molar-refractivity contribution is 6.03. The van der Waals surface area contributed by atoms with Crippen molar-refractivity contribution in [2.75, 3.05) is 20.8 Å². The van der Waals surface area contributed by atoms with E-state index in [2.05, 4.69) is 0 Å². The Hall–Kier alpha value is -2.96. The fourth-order valence-electron chi connectivity index (χ4n) is 3.53. The predicted molar refractivity (Wildman–Crippen MR) is 97.1 cm³/mol. The van der Waals surface area contributed by atoms with Gasteiger partial charge in [0.25, 0.3) is 0 Å². The molecule has 1 aliphatic carbocycles. The minimum atomic E-state index is -0.666. The Morgan fingerprint density at radius 3 is 2.63 bits per heavy atom. The van der Waals surface area contributed by atoms with Crippen molar-refractivity contribution in [3.63, 3.8) is 0 Å². The van der Waals surface area contributed by atoms with Gasteiger partial charge in [-0.1, -0.05) is 6.07 Å². The Morgan fingerprint density at radius 2 is 1.96 bits per heavy atom. The maximum Gasteiger partial charge on any atom is 0.340 e. The van der Waals surface area contributed by atoms with Crippen LogP contribution in [-0.2, 0) is 19.1 Å². The fourth-order valence-corrected chi connectivity index (χ4v) is 3.53. The number of carbonyl (C=O) groups is 2. The van der Waals surface area contributed by atoms with Gasteiger partial charge in [0.2, 0.25) is 5.88 Å². The zero-order chi connectivity index (χ0) is 19.6. The predicted octanol–water partition coefficient (Wildman–Crippen LogP) is 2.56. The second-order valence-electron chi connectivity index (χ2n) is 6.26. The molecular weight excluding hydrogens is 350 g/mol. The van der Waals surface area contributed by atoms with Crippen LogP contribution < -0.4 is 15.2 Å². The first-order chi connectivity index (χ1) is 13.0. The van der Waals surface area contributed by atoms with E-state index in [1.54, 1.807) is 32.2 Å². The highest BCUT2D eigenvalue weighted by Crippen LogP contribution is 2.45. The SMILES string of the molecule is CCOC(=O)C1=C(N)OC2=C(C(=O)CCC2)[C@H]1c1ccc(OC)c(OC)c1. The van der Waals surface area contributed by atoms with E-state index in [0.29, 0.717) is 47.7 Å². The van der Waals surface area contributed by atoms with Crippen molar-refractivity contribution in [2.45, 2.75) is 32.1 Å². The van der Waals surface area contributed by atoms with Crippen LogP contribution >= 0.6 is 0 Å². The van der Waals surface area contributed by atoms with Gasteiger partial charge < -0.3 is 24.7 Å². The quantitative estimate of drug-likeness (QED) is 0.792. The number of carbonyl (C=O) groups excluding carboxylic acids is 2. The van der Waals surface area contributed by atoms with Crippen molar-refractivity contribution in [1.29, 1.82) is 0 Å². The van der Waals surface area contributed by atoms with Crippen molar-refractivity contribution >= 4 is 11.8 Å². The number of esters is 1. The van der Waals surface area contributed by atoms with E-state index in [1.807, 2.05) is 0 Å². The zero-order valence-corrected chi connectivity index (χ0v) is 15.7. The first-order valence-corrected chi connectivity index (χ1v) is 8.84. The first-order valence-electron chi connectivity index (χ1n) is 8.84. The highest BCUT2D eigenvalue weighted by atomic mass is 16.5. The lowest BCUT2D eigenvalue weighted by Gasteiger charge is -2.32. The molecule has 0 fully saturated rings. The average molecular weight is 373 g/mol. The summed E-state index contributed by atoms with van der Waals surface area (Å²) < 4.78 is 21.5. The van der Waals surface area contributed by atoms with Crippen LogP contribution in [0.15, 0.2) is 41.0 Å². The molecule has 2 aliphatic rings. The van der Waals surface area contributed by atoms with E-state index in [4.69, 9.17) is 24.7 Å². The Balaban J connectivity index is 2.18. The maximum atomic E-state index is 12.7. The molecule has 1 aliphatic heterocycles. The van der Waals surface area contributed by atoms with Gasteiger partial charge in [0.05, 0.1) is 26.7 Å². The molecule has 1 aromatic rings. The Morgan fingerprint density at radius 1 is 1.22 bits per heavy atom. The van der Waals surface area contributed by atoms with E-state index in [-0.39, 0.29) is 23.8 Å². The van der Waals surface area contributed by atoms with Crippen LogP contribution in [0.4, 0.5) is 0 Å². The topological polar surface area (TPSA) is 97.1 Å². The molecule has 0 aromatic heterocycles. The molecule has 0 radical (unpaired) electrons. The van der Waals surface area contributed by atoms with Crippen LogP contribution in [0.2, 0.25) is 0 Å². The molecule has 27 heavy (non-hydrogen) atoms. The average Bonchev–Trinajstić information content (AvgIpc) is 2.66. The minimum absolute atomic E-state index is 0.0262. The normalized spacial score (nSPS) is 19.4. The summed E-state index contributed by atoms with van der Waals surface area (Å²) in [6.07, 6.45) is 1.70. The summed E-state index contributed by atoms with van der Waals surface area (Å²) in [5, 5.41) is 0. The summed E-state index contributed by atoms with van der Waals surface area (Å²) in [5.41, 5.74) is 7.36. The summed E-state index contributed by atoms with van der Waals surface area (Å²) in [7, 11) is 3.07. The van der Waals surface area contributed by atoms with Crippen LogP contribution in [0.25, 0.3) is 0 Å². The Bertz CT molecular complexity index is 839. The van der Waals surface area contributed by atoms with Gasteiger partial charge in [0.15, 0.2) is 17.3 Å². The molecule has 0 unspecified atom stereocenters. The third kappa shape index (κ3) is 3.37. The van der Waals surface area contributed by atoms with Crippen LogP contribution in [0, 0.1) is 0 Å². The maximum absolute atomic E-state index is 12.7. The number of ketones is 1. The van der Waals surface area contributed by atoms with Gasteiger partial charge in [-0.15, -0.1) is 0 Å². The molecule has 2 N–H and O–H groups in total. The molecule has 0 saturated carbocycles. The molecule has 0 spiro atoms. The van der Waals surface area contributed by atoms with Gasteiger partial charge in [-0.25, -0.2) is 4.79 Å². The summed E-state index contributed by atoms with van der Waals surface area (Å²) >= 11 is 0. The van der Waals surface area contributed by atoms with Crippen LogP contribution in [-0.4, -0.2) is 32.6 Å². The van der Waals surface area contributed by atoms with Gasteiger partial charge in [-0.05, 0) is 31.0 Å². The number of ether oxygens (including phenoxy) is 4. The minimum Gasteiger partial charge on any atom is -0.493 e. The number of rotatable bonds is 5. The molecule has 7 heteroatoms. The van der Waals surface area contributed by atoms with E-state index >= 15 is 0 Å². The molecule has 0 bridgehead atoms. The van der Waals surface area contributed by atoms with Gasteiger partial charge in [0.1, 0.15) is 11.3 Å². The van der Waals surface area contributed by atoms with Crippen molar-refractivity contribution < 1.29 is 28.5 Å². The Labute approximate surface area is 157 Å². The smallest absolute Gasteiger partial charge is 0.340 e. The van der Waals surface area contributed by atoms with Gasteiger partial charge >= 0.3 is 5.97 Å². The highest BCUT2D eigenvalue weighted by Gasteiger charge is 2.41. The third-order valence-electron chi connectivity index (χ3n) is 4.72. The van der Waals surface area contributed by atoms with E-state index in [9.17, 15) is 9.59 Å². The molecule has 144 valence electrons. The molecule has 7 nitrogen and oxygen atoms in total. The second kappa shape index (κ2) is 7.73. The molecular formula is C20H23NO6. The fraction of sp³-hybridized carbons (Fsp3) is 0.400. The van der Waals surface area contributed by atoms with Crippen LogP contribution in [0.1, 0.15) is 37.7 Å². The van der Waals surface area contributed by atoms with Gasteiger partial charge in [0, 0.05) is 18.4 Å². The lowest BCUT2D eigenvalue weighted by molar-refractivity contribution is -0.139. The second-order valence-corrected chi connectivity index (χ2v) is 6.26. The third-order valence-corrected chi connectivity index (χ3v) is 4.72. The molecule has 1 heterocycles. The Kier molecular flexibility index (Phi) is 5.39. The largest absolute Gasteiger partial charge is 0.493 e. The molecule has 3 rings (SSSR count). The van der Waals surface area contributed by atoms with E-state index < -0.39 is 11.9 Å². The van der Waals surface area contributed by atoms with E-state index in [0.717, 1.165) is 0 Å². The summed E-state index contributed by atoms with van der Waals surface area (Å²) in [4.78, 5) is 25.3. The number of hydrogen-bond donors (Lipinski definition) is 1. The molecule has 1 aromatic carbocycles.